The van der Waals surface area contributed by atoms with E-state index in [9.17, 15) is 0 Å². The van der Waals surface area contributed by atoms with Crippen molar-refractivity contribution in [1.29, 1.82) is 0 Å². The molecule has 0 amide bonds. The van der Waals surface area contributed by atoms with Gasteiger partial charge in [-0.15, -0.1) is 0 Å². The molecule has 0 aliphatic carbocycles. The van der Waals surface area contributed by atoms with Gasteiger partial charge in [-0.2, -0.15) is 19.7 Å². The van der Waals surface area contributed by atoms with E-state index in [-0.39, 0.29) is 12.1 Å². The van der Waals surface area contributed by atoms with E-state index in [2.05, 4.69) is 52.3 Å². The molecule has 3 aromatic rings. The minimum atomic E-state index is 0.184. The van der Waals surface area contributed by atoms with E-state index in [1.165, 1.54) is 6.33 Å². The lowest BCUT2D eigenvalue weighted by Crippen LogP contribution is -2.28. The topological polar surface area (TPSA) is 72.9 Å². The first-order chi connectivity index (χ1) is 10.7. The van der Waals surface area contributed by atoms with Gasteiger partial charge in [-0.25, -0.2) is 4.98 Å². The summed E-state index contributed by atoms with van der Waals surface area (Å²) >= 11 is 0. The normalized spacial score (nSPS) is 14.1. The van der Waals surface area contributed by atoms with E-state index in [4.69, 9.17) is 0 Å². The van der Waals surface area contributed by atoms with Crippen molar-refractivity contribution < 1.29 is 0 Å². The number of hydrogen-bond acceptors (Lipinski definition) is 5. The average Bonchev–Trinajstić information content (AvgIpc) is 3.18. The van der Waals surface area contributed by atoms with Crippen molar-refractivity contribution in [3.8, 4) is 0 Å². The molecule has 2 atom stereocenters. The molecule has 7 nitrogen and oxygen atoms in total. The van der Waals surface area contributed by atoms with E-state index < -0.39 is 0 Å². The highest BCUT2D eigenvalue weighted by Gasteiger charge is 2.16. The largest absolute Gasteiger partial charge is 0.365 e. The molecule has 0 spiro atoms. The van der Waals surface area contributed by atoms with Crippen molar-refractivity contribution in [1.82, 2.24) is 29.4 Å². The summed E-state index contributed by atoms with van der Waals surface area (Å²) in [6.45, 7) is 6.41. The van der Waals surface area contributed by atoms with Crippen LogP contribution in [0.2, 0.25) is 0 Å². The number of rotatable bonds is 6. The zero-order valence-electron chi connectivity index (χ0n) is 13.1. The molecule has 0 unspecified atom stereocenters. The molecule has 116 valence electrons. The molecule has 0 bridgehead atoms. The van der Waals surface area contributed by atoms with Gasteiger partial charge in [-0.3, -0.25) is 4.68 Å². The number of anilines is 1. The molecule has 3 aromatic heterocycles. The monoisotopic (exact) mass is 299 g/mol. The Kier molecular flexibility index (Phi) is 4.04. The Hall–Kier alpha value is -2.44. The first kappa shape index (κ1) is 14.5. The highest BCUT2D eigenvalue weighted by molar-refractivity contribution is 5.45. The molecule has 22 heavy (non-hydrogen) atoms. The maximum absolute atomic E-state index is 4.52. The van der Waals surface area contributed by atoms with Crippen molar-refractivity contribution in [3.63, 3.8) is 0 Å². The Morgan fingerprint density at radius 2 is 2.14 bits per heavy atom. The summed E-state index contributed by atoms with van der Waals surface area (Å²) in [5.74, 6) is 1.55. The zero-order valence-corrected chi connectivity index (χ0v) is 13.1. The number of aryl methyl sites for hydroxylation is 1. The highest BCUT2D eigenvalue weighted by Crippen LogP contribution is 2.17. The molecule has 0 aliphatic rings. The SMILES string of the molecule is CCCc1cc(N[C@@H](C)[C@@H](C)n2cccn2)n2ncnc2n1. The van der Waals surface area contributed by atoms with Crippen molar-refractivity contribution >= 4 is 11.6 Å². The summed E-state index contributed by atoms with van der Waals surface area (Å²) in [5, 5.41) is 12.1. The molecule has 0 aliphatic heterocycles. The number of aromatic nitrogens is 6. The Morgan fingerprint density at radius 3 is 2.86 bits per heavy atom. The van der Waals surface area contributed by atoms with Crippen LogP contribution in [0.1, 0.15) is 38.9 Å². The van der Waals surface area contributed by atoms with Gasteiger partial charge in [0.2, 0.25) is 0 Å². The molecule has 0 aromatic carbocycles. The lowest BCUT2D eigenvalue weighted by Gasteiger charge is -2.23. The average molecular weight is 299 g/mol. The van der Waals surface area contributed by atoms with Gasteiger partial charge in [0.15, 0.2) is 0 Å². The van der Waals surface area contributed by atoms with Gasteiger partial charge in [-0.1, -0.05) is 13.3 Å². The zero-order chi connectivity index (χ0) is 15.5. The van der Waals surface area contributed by atoms with Crippen molar-refractivity contribution in [2.75, 3.05) is 5.32 Å². The third-order valence-electron chi connectivity index (χ3n) is 3.85. The minimum Gasteiger partial charge on any atom is -0.365 e. The van der Waals surface area contributed by atoms with E-state index in [1.807, 2.05) is 16.9 Å². The maximum atomic E-state index is 4.52. The van der Waals surface area contributed by atoms with Crippen molar-refractivity contribution in [2.45, 2.75) is 45.7 Å². The Labute approximate surface area is 129 Å². The summed E-state index contributed by atoms with van der Waals surface area (Å²) in [5.41, 5.74) is 1.03. The lowest BCUT2D eigenvalue weighted by molar-refractivity contribution is 0.442. The van der Waals surface area contributed by atoms with Crippen LogP contribution in [0, 0.1) is 0 Å². The van der Waals surface area contributed by atoms with Gasteiger partial charge in [-0.05, 0) is 26.3 Å². The van der Waals surface area contributed by atoms with Gasteiger partial charge >= 0.3 is 0 Å². The molecule has 0 radical (unpaired) electrons. The third kappa shape index (κ3) is 2.79. The first-order valence-corrected chi connectivity index (χ1v) is 7.64. The standard InChI is InChI=1S/C15H21N7/c1-4-6-13-9-14(22-15(20-13)16-10-18-22)19-11(2)12(3)21-8-5-7-17-21/h5,7-12,19H,4,6H2,1-3H3/t11-,12+/m0/s1. The Balaban J connectivity index is 1.87. The Bertz CT molecular complexity index is 732. The summed E-state index contributed by atoms with van der Waals surface area (Å²) in [7, 11) is 0. The first-order valence-electron chi connectivity index (χ1n) is 7.64. The lowest BCUT2D eigenvalue weighted by atomic mass is 10.1. The van der Waals surface area contributed by atoms with Gasteiger partial charge in [0.1, 0.15) is 12.1 Å². The fourth-order valence-corrected chi connectivity index (χ4v) is 2.45. The molecular weight excluding hydrogens is 278 g/mol. The Morgan fingerprint density at radius 1 is 1.27 bits per heavy atom. The molecule has 0 saturated heterocycles. The van der Waals surface area contributed by atoms with Crippen molar-refractivity contribution in [2.24, 2.45) is 0 Å². The van der Waals surface area contributed by atoms with E-state index in [1.54, 1.807) is 10.7 Å². The molecule has 1 N–H and O–H groups in total. The van der Waals surface area contributed by atoms with Gasteiger partial charge in [0.05, 0.1) is 6.04 Å². The second-order valence-corrected chi connectivity index (χ2v) is 5.51. The summed E-state index contributed by atoms with van der Waals surface area (Å²) in [6.07, 6.45) is 7.29. The van der Waals surface area contributed by atoms with Crippen molar-refractivity contribution in [3.05, 3.63) is 36.5 Å². The van der Waals surface area contributed by atoms with Crippen LogP contribution in [0.25, 0.3) is 5.78 Å². The fraction of sp³-hybridized carbons (Fsp3) is 0.467. The fourth-order valence-electron chi connectivity index (χ4n) is 2.45. The van der Waals surface area contributed by atoms with Crippen LogP contribution in [0.4, 0.5) is 5.82 Å². The number of nitrogens with zero attached hydrogens (tertiary/aromatic N) is 6. The molecule has 0 fully saturated rings. The van der Waals surface area contributed by atoms with Gasteiger partial charge in [0, 0.05) is 30.2 Å². The predicted octanol–water partition coefficient (Wildman–Crippen LogP) is 2.33. The summed E-state index contributed by atoms with van der Waals surface area (Å²) in [6, 6.07) is 4.39. The summed E-state index contributed by atoms with van der Waals surface area (Å²) in [4.78, 5) is 8.73. The van der Waals surface area contributed by atoms with Gasteiger partial charge < -0.3 is 5.32 Å². The molecule has 7 heteroatoms. The van der Waals surface area contributed by atoms with Crippen LogP contribution >= 0.6 is 0 Å². The molecule has 0 saturated carbocycles. The number of hydrogen-bond donors (Lipinski definition) is 1. The van der Waals surface area contributed by atoms with Gasteiger partial charge in [0.25, 0.3) is 5.78 Å². The second kappa shape index (κ2) is 6.13. The summed E-state index contributed by atoms with van der Waals surface area (Å²) < 4.78 is 3.69. The van der Waals surface area contributed by atoms with E-state index >= 15 is 0 Å². The van der Waals surface area contributed by atoms with Crippen LogP contribution in [0.15, 0.2) is 30.9 Å². The highest BCUT2D eigenvalue weighted by atomic mass is 15.4. The quantitative estimate of drug-likeness (QED) is 0.756. The number of nitrogens with one attached hydrogen (secondary N) is 1. The smallest absolute Gasteiger partial charge is 0.254 e. The van der Waals surface area contributed by atoms with Crippen LogP contribution in [0.5, 0.6) is 0 Å². The maximum Gasteiger partial charge on any atom is 0.254 e. The minimum absolute atomic E-state index is 0.184. The van der Waals surface area contributed by atoms with Crippen LogP contribution < -0.4 is 5.32 Å². The third-order valence-corrected chi connectivity index (χ3v) is 3.85. The molecule has 3 rings (SSSR count). The van der Waals surface area contributed by atoms with E-state index in [0.29, 0.717) is 5.78 Å². The molecular formula is C15H21N7. The second-order valence-electron chi connectivity index (χ2n) is 5.51. The molecule has 3 heterocycles. The van der Waals surface area contributed by atoms with Crippen LogP contribution in [-0.2, 0) is 6.42 Å². The van der Waals surface area contributed by atoms with E-state index in [0.717, 1.165) is 24.4 Å². The number of fused-ring (bicyclic) bond motifs is 1. The van der Waals surface area contributed by atoms with Crippen LogP contribution in [-0.4, -0.2) is 35.4 Å². The predicted molar refractivity (Wildman–Crippen MR) is 84.8 cm³/mol. The van der Waals surface area contributed by atoms with Crippen LogP contribution in [0.3, 0.4) is 0 Å².